The van der Waals surface area contributed by atoms with Crippen molar-refractivity contribution >= 4 is 34.2 Å². The van der Waals surface area contributed by atoms with E-state index in [1.54, 1.807) is 4.57 Å². The lowest BCUT2D eigenvalue weighted by Gasteiger charge is -2.30. The fourth-order valence-corrected chi connectivity index (χ4v) is 3.31. The van der Waals surface area contributed by atoms with Gasteiger partial charge in [0.25, 0.3) is 0 Å². The summed E-state index contributed by atoms with van der Waals surface area (Å²) < 4.78 is 16.2. The summed E-state index contributed by atoms with van der Waals surface area (Å²) in [5.41, 5.74) is -0.912. The average molecular weight is 361 g/mol. The Morgan fingerprint density at radius 1 is 1.35 bits per heavy atom. The summed E-state index contributed by atoms with van der Waals surface area (Å²) in [4.78, 5) is 36.2. The van der Waals surface area contributed by atoms with Gasteiger partial charge in [0.1, 0.15) is 17.4 Å². The number of pyridine rings is 1. The molecule has 1 aliphatic carbocycles. The first-order chi connectivity index (χ1) is 12.3. The monoisotopic (exact) mass is 361 g/mol. The molecule has 2 aromatic rings. The van der Waals surface area contributed by atoms with Gasteiger partial charge in [-0.25, -0.2) is 9.18 Å². The average Bonchev–Trinajstić information content (AvgIpc) is 3.39. The van der Waals surface area contributed by atoms with E-state index in [0.29, 0.717) is 0 Å². The van der Waals surface area contributed by atoms with Crippen molar-refractivity contribution in [3.63, 3.8) is 0 Å². The second kappa shape index (κ2) is 5.53. The maximum Gasteiger partial charge on any atom is 0.341 e. The number of aromatic nitrogens is 1. The summed E-state index contributed by atoms with van der Waals surface area (Å²) in [6.07, 6.45) is 1.77. The lowest BCUT2D eigenvalue weighted by Crippen LogP contribution is -2.46. The first kappa shape index (κ1) is 16.5. The number of hydrogen-bond donors (Lipinski definition) is 4. The van der Waals surface area contributed by atoms with Crippen LogP contribution in [-0.2, 0) is 4.79 Å². The highest BCUT2D eigenvalue weighted by Gasteiger charge is 2.35. The van der Waals surface area contributed by atoms with Crippen LogP contribution in [0.4, 0.5) is 15.8 Å². The Morgan fingerprint density at radius 3 is 2.62 bits per heavy atom. The van der Waals surface area contributed by atoms with Crippen molar-refractivity contribution in [2.45, 2.75) is 38.0 Å². The Bertz CT molecular complexity index is 1030. The number of hydrogen-bond acceptors (Lipinski definition) is 5. The van der Waals surface area contributed by atoms with Crippen LogP contribution < -0.4 is 16.1 Å². The fraction of sp³-hybridized carbons (Fsp3) is 0.353. The van der Waals surface area contributed by atoms with Gasteiger partial charge in [0.05, 0.1) is 28.4 Å². The molecule has 1 amide bonds. The number of aliphatic hydroxyl groups excluding tert-OH is 1. The molecule has 1 aromatic heterocycles. The lowest BCUT2D eigenvalue weighted by atomic mass is 10.0. The second-order valence-corrected chi connectivity index (χ2v) is 6.67. The molecule has 9 heteroatoms. The van der Waals surface area contributed by atoms with Crippen molar-refractivity contribution in [1.82, 2.24) is 4.57 Å². The number of carbonyl (C=O) groups is 2. The van der Waals surface area contributed by atoms with Crippen molar-refractivity contribution in [2.75, 3.05) is 10.6 Å². The minimum atomic E-state index is -1.39. The minimum absolute atomic E-state index is 0.0165. The van der Waals surface area contributed by atoms with E-state index in [4.69, 9.17) is 0 Å². The van der Waals surface area contributed by atoms with Crippen molar-refractivity contribution in [3.05, 3.63) is 33.9 Å². The largest absolute Gasteiger partial charge is 0.477 e. The predicted octanol–water partition coefficient (Wildman–Crippen LogP) is 1.29. The first-order valence-corrected chi connectivity index (χ1v) is 8.19. The first-order valence-electron chi connectivity index (χ1n) is 8.19. The van der Waals surface area contributed by atoms with Gasteiger partial charge in [-0.05, 0) is 25.8 Å². The molecule has 1 unspecified atom stereocenters. The molecule has 1 aliphatic heterocycles. The number of fused-ring (bicyclic) bond motifs is 3. The van der Waals surface area contributed by atoms with Gasteiger partial charge in [-0.2, -0.15) is 0 Å². The molecule has 2 atom stereocenters. The molecule has 1 fully saturated rings. The molecule has 1 saturated carbocycles. The van der Waals surface area contributed by atoms with E-state index in [9.17, 15) is 29.0 Å². The summed E-state index contributed by atoms with van der Waals surface area (Å²) in [5, 5.41) is 24.1. The summed E-state index contributed by atoms with van der Waals surface area (Å²) >= 11 is 0. The minimum Gasteiger partial charge on any atom is -0.477 e. The van der Waals surface area contributed by atoms with Crippen LogP contribution in [0.3, 0.4) is 0 Å². The lowest BCUT2D eigenvalue weighted by molar-refractivity contribution is -0.118. The number of carboxylic acids is 1. The quantitative estimate of drug-likeness (QED) is 0.654. The number of anilines is 2. The van der Waals surface area contributed by atoms with Crippen LogP contribution in [0.5, 0.6) is 0 Å². The van der Waals surface area contributed by atoms with Crippen LogP contribution in [0.15, 0.2) is 17.1 Å². The Kier molecular flexibility index (Phi) is 3.52. The van der Waals surface area contributed by atoms with E-state index in [1.807, 2.05) is 0 Å². The molecule has 4 N–H and O–H groups in total. The van der Waals surface area contributed by atoms with E-state index in [2.05, 4.69) is 10.6 Å². The number of amides is 1. The standard InChI is InChI=1S/C17H16FN3O5/c1-6(22)11-16(24)20-13-12(19-11)10(18)4-8-14(13)21(7-2-3-7)5-9(15(8)23)17(25)26/h4-7,11,19,22H,2-3H2,1H3,(H,20,24)(H,25,26)/t6?,11-/m0/s1. The molecule has 4 rings (SSSR count). The highest BCUT2D eigenvalue weighted by molar-refractivity contribution is 6.12. The molecular formula is C17H16FN3O5. The van der Waals surface area contributed by atoms with Crippen molar-refractivity contribution < 1.29 is 24.2 Å². The number of nitrogens with one attached hydrogen (secondary N) is 2. The fourth-order valence-electron chi connectivity index (χ4n) is 3.31. The Morgan fingerprint density at radius 2 is 2.04 bits per heavy atom. The smallest absolute Gasteiger partial charge is 0.341 e. The predicted molar refractivity (Wildman–Crippen MR) is 91.1 cm³/mol. The van der Waals surface area contributed by atoms with E-state index < -0.39 is 40.8 Å². The Hall–Kier alpha value is -2.94. The van der Waals surface area contributed by atoms with Crippen LogP contribution in [-0.4, -0.2) is 38.8 Å². The third-order valence-corrected chi connectivity index (χ3v) is 4.75. The van der Waals surface area contributed by atoms with Gasteiger partial charge in [0, 0.05) is 12.2 Å². The third kappa shape index (κ3) is 2.35. The molecular weight excluding hydrogens is 345 g/mol. The van der Waals surface area contributed by atoms with Crippen LogP contribution >= 0.6 is 0 Å². The molecule has 2 aliphatic rings. The van der Waals surface area contributed by atoms with E-state index >= 15 is 0 Å². The molecule has 1 aromatic carbocycles. The number of rotatable bonds is 3. The van der Waals surface area contributed by atoms with Crippen LogP contribution in [0.1, 0.15) is 36.2 Å². The molecule has 136 valence electrons. The second-order valence-electron chi connectivity index (χ2n) is 6.67. The van der Waals surface area contributed by atoms with Gasteiger partial charge in [-0.1, -0.05) is 0 Å². The topological polar surface area (TPSA) is 121 Å². The van der Waals surface area contributed by atoms with Crippen molar-refractivity contribution in [3.8, 4) is 0 Å². The van der Waals surface area contributed by atoms with Crippen LogP contribution in [0.2, 0.25) is 0 Å². The zero-order valence-electron chi connectivity index (χ0n) is 13.7. The number of aromatic carboxylic acids is 1. The van der Waals surface area contributed by atoms with Gasteiger partial charge in [0.15, 0.2) is 0 Å². The third-order valence-electron chi connectivity index (χ3n) is 4.75. The normalized spacial score (nSPS) is 20.3. The van der Waals surface area contributed by atoms with Gasteiger partial charge >= 0.3 is 5.97 Å². The molecule has 0 radical (unpaired) electrons. The van der Waals surface area contributed by atoms with E-state index in [1.165, 1.54) is 13.1 Å². The van der Waals surface area contributed by atoms with E-state index in [-0.39, 0.29) is 28.3 Å². The van der Waals surface area contributed by atoms with Crippen LogP contribution in [0, 0.1) is 5.82 Å². The zero-order valence-corrected chi connectivity index (χ0v) is 13.7. The van der Waals surface area contributed by atoms with Gasteiger partial charge in [-0.15, -0.1) is 0 Å². The zero-order chi connectivity index (χ0) is 18.7. The van der Waals surface area contributed by atoms with E-state index in [0.717, 1.165) is 18.9 Å². The number of halogens is 1. The maximum absolute atomic E-state index is 14.6. The molecule has 26 heavy (non-hydrogen) atoms. The highest BCUT2D eigenvalue weighted by atomic mass is 19.1. The molecule has 0 saturated heterocycles. The summed E-state index contributed by atoms with van der Waals surface area (Å²) in [7, 11) is 0. The molecule has 2 heterocycles. The summed E-state index contributed by atoms with van der Waals surface area (Å²) in [6, 6.07) is -0.0724. The van der Waals surface area contributed by atoms with Gasteiger partial charge < -0.3 is 25.4 Å². The number of carbonyl (C=O) groups excluding carboxylic acids is 1. The number of aliphatic hydroxyl groups is 1. The van der Waals surface area contributed by atoms with Gasteiger partial charge in [0.2, 0.25) is 11.3 Å². The molecule has 0 spiro atoms. The molecule has 8 nitrogen and oxygen atoms in total. The number of benzene rings is 1. The maximum atomic E-state index is 14.6. The van der Waals surface area contributed by atoms with Crippen LogP contribution in [0.25, 0.3) is 10.9 Å². The Labute approximate surface area is 146 Å². The van der Waals surface area contributed by atoms with Crippen molar-refractivity contribution in [1.29, 1.82) is 0 Å². The van der Waals surface area contributed by atoms with Gasteiger partial charge in [-0.3, -0.25) is 9.59 Å². The summed E-state index contributed by atoms with van der Waals surface area (Å²) in [6.45, 7) is 1.40. The SMILES string of the molecule is CC(O)[C@@H]1Nc2c(F)cc3c(=O)c(C(=O)O)cn(C4CC4)c3c2NC1=O. The number of nitrogens with zero attached hydrogens (tertiary/aromatic N) is 1. The summed E-state index contributed by atoms with van der Waals surface area (Å²) in [5.74, 6) is -2.75. The highest BCUT2D eigenvalue weighted by Crippen LogP contribution is 2.42. The Balaban J connectivity index is 2.06. The van der Waals surface area contributed by atoms with Crippen molar-refractivity contribution in [2.24, 2.45) is 0 Å². The number of carboxylic acid groups (broad SMARTS) is 1. The molecule has 0 bridgehead atoms.